The molecule has 2 aromatic rings. The molecule has 92 valence electrons. The topological polar surface area (TPSA) is 55.6 Å². The predicted molar refractivity (Wildman–Crippen MR) is 68.0 cm³/mol. The highest BCUT2D eigenvalue weighted by atomic mass is 32.1. The number of aromatic nitrogens is 4. The quantitative estimate of drug-likeness (QED) is 0.874. The van der Waals surface area contributed by atoms with Crippen molar-refractivity contribution in [2.24, 2.45) is 7.05 Å². The van der Waals surface area contributed by atoms with Crippen LogP contribution in [0.2, 0.25) is 0 Å². The largest absolute Gasteiger partial charge is 0.310 e. The molecule has 5 nitrogen and oxygen atoms in total. The molecule has 0 amide bonds. The number of aryl methyl sites for hydroxylation is 2. The second-order valence-corrected chi connectivity index (χ2v) is 4.76. The summed E-state index contributed by atoms with van der Waals surface area (Å²) in [6, 6.07) is 0.274. The average molecular weight is 251 g/mol. The normalized spacial score (nSPS) is 12.9. The van der Waals surface area contributed by atoms with Crippen molar-refractivity contribution in [3.05, 3.63) is 27.7 Å². The Balaban J connectivity index is 2.15. The summed E-state index contributed by atoms with van der Waals surface area (Å²) < 4.78 is 0. The van der Waals surface area contributed by atoms with Crippen LogP contribution in [-0.4, -0.2) is 26.8 Å². The Bertz CT molecular complexity index is 476. The number of nitrogens with zero attached hydrogens (tertiary/aromatic N) is 4. The van der Waals surface area contributed by atoms with Crippen molar-refractivity contribution >= 4 is 11.3 Å². The van der Waals surface area contributed by atoms with Crippen molar-refractivity contribution in [3.63, 3.8) is 0 Å². The van der Waals surface area contributed by atoms with Crippen LogP contribution in [0, 0.1) is 6.92 Å². The van der Waals surface area contributed by atoms with E-state index >= 15 is 0 Å². The van der Waals surface area contributed by atoms with Gasteiger partial charge in [0.05, 0.1) is 7.05 Å². The summed E-state index contributed by atoms with van der Waals surface area (Å²) in [4.78, 5) is 1.50. The smallest absolute Gasteiger partial charge is 0.176 e. The zero-order chi connectivity index (χ0) is 12.3. The summed E-state index contributed by atoms with van der Waals surface area (Å²) >= 11 is 1.73. The fraction of sp³-hybridized carbons (Fsp3) is 0.545. The van der Waals surface area contributed by atoms with E-state index in [4.69, 9.17) is 0 Å². The highest BCUT2D eigenvalue weighted by molar-refractivity contribution is 7.08. The van der Waals surface area contributed by atoms with Crippen LogP contribution in [0.5, 0.6) is 0 Å². The molecule has 0 saturated carbocycles. The molecule has 1 unspecified atom stereocenters. The van der Waals surface area contributed by atoms with Gasteiger partial charge >= 0.3 is 0 Å². The first kappa shape index (κ1) is 12.2. The molecular formula is C11H17N5S. The van der Waals surface area contributed by atoms with Crippen LogP contribution >= 0.6 is 11.3 Å². The lowest BCUT2D eigenvalue weighted by molar-refractivity contribution is 0.534. The molecule has 0 spiro atoms. The van der Waals surface area contributed by atoms with Gasteiger partial charge in [-0.05, 0) is 40.6 Å². The monoisotopic (exact) mass is 251 g/mol. The third kappa shape index (κ3) is 2.89. The van der Waals surface area contributed by atoms with Crippen molar-refractivity contribution in [2.75, 3.05) is 6.54 Å². The molecule has 6 heteroatoms. The zero-order valence-corrected chi connectivity index (χ0v) is 11.2. The van der Waals surface area contributed by atoms with Gasteiger partial charge in [0.15, 0.2) is 5.82 Å². The van der Waals surface area contributed by atoms with Crippen molar-refractivity contribution in [1.29, 1.82) is 0 Å². The van der Waals surface area contributed by atoms with Crippen LogP contribution in [0.4, 0.5) is 0 Å². The molecule has 0 radical (unpaired) electrons. The maximum absolute atomic E-state index is 4.23. The standard InChI is InChI=1S/C11H17N5S/c1-4-12-10(9-7-17-6-8(9)2)5-11-13-15-16(3)14-11/h6-7,10,12H,4-5H2,1-3H3. The van der Waals surface area contributed by atoms with Crippen LogP contribution < -0.4 is 5.32 Å². The first-order valence-electron chi connectivity index (χ1n) is 5.69. The summed E-state index contributed by atoms with van der Waals surface area (Å²) in [6.45, 7) is 5.18. The van der Waals surface area contributed by atoms with Gasteiger partial charge in [-0.1, -0.05) is 6.92 Å². The zero-order valence-electron chi connectivity index (χ0n) is 10.3. The van der Waals surface area contributed by atoms with Gasteiger partial charge < -0.3 is 5.32 Å². The summed E-state index contributed by atoms with van der Waals surface area (Å²) in [5.41, 5.74) is 2.66. The molecule has 1 atom stereocenters. The predicted octanol–water partition coefficient (Wildman–Crippen LogP) is 1.47. The molecule has 1 N–H and O–H groups in total. The molecule has 17 heavy (non-hydrogen) atoms. The highest BCUT2D eigenvalue weighted by Gasteiger charge is 2.16. The third-order valence-corrected chi connectivity index (χ3v) is 3.54. The Labute approximate surface area is 105 Å². The number of hydrogen-bond acceptors (Lipinski definition) is 5. The Morgan fingerprint density at radius 2 is 2.29 bits per heavy atom. The van der Waals surface area contributed by atoms with Gasteiger partial charge in [0, 0.05) is 12.5 Å². The molecule has 0 aromatic carbocycles. The van der Waals surface area contributed by atoms with E-state index in [2.05, 4.69) is 45.3 Å². The molecule has 0 fully saturated rings. The highest BCUT2D eigenvalue weighted by Crippen LogP contribution is 2.23. The number of nitrogens with one attached hydrogen (secondary N) is 1. The lowest BCUT2D eigenvalue weighted by atomic mass is 10.0. The van der Waals surface area contributed by atoms with E-state index < -0.39 is 0 Å². The molecule has 0 aliphatic rings. The van der Waals surface area contributed by atoms with E-state index in [1.165, 1.54) is 15.9 Å². The van der Waals surface area contributed by atoms with Gasteiger partial charge in [0.2, 0.25) is 0 Å². The molecule has 0 aliphatic heterocycles. The second kappa shape index (κ2) is 5.37. The maximum atomic E-state index is 4.23. The van der Waals surface area contributed by atoms with E-state index in [-0.39, 0.29) is 6.04 Å². The molecule has 0 bridgehead atoms. The molecule has 2 rings (SSSR count). The van der Waals surface area contributed by atoms with Gasteiger partial charge in [0.25, 0.3) is 0 Å². The van der Waals surface area contributed by atoms with E-state index in [0.29, 0.717) is 0 Å². The van der Waals surface area contributed by atoms with Crippen molar-refractivity contribution in [3.8, 4) is 0 Å². The maximum Gasteiger partial charge on any atom is 0.176 e. The van der Waals surface area contributed by atoms with E-state index in [1.54, 1.807) is 18.4 Å². The van der Waals surface area contributed by atoms with Crippen LogP contribution in [0.3, 0.4) is 0 Å². The Morgan fingerprint density at radius 1 is 1.47 bits per heavy atom. The minimum atomic E-state index is 0.274. The summed E-state index contributed by atoms with van der Waals surface area (Å²) in [5, 5.41) is 20.0. The lowest BCUT2D eigenvalue weighted by Crippen LogP contribution is -2.23. The number of tetrazole rings is 1. The van der Waals surface area contributed by atoms with Crippen LogP contribution in [0.25, 0.3) is 0 Å². The van der Waals surface area contributed by atoms with Crippen LogP contribution in [-0.2, 0) is 13.5 Å². The van der Waals surface area contributed by atoms with E-state index in [0.717, 1.165) is 18.8 Å². The van der Waals surface area contributed by atoms with Gasteiger partial charge in [-0.3, -0.25) is 0 Å². The van der Waals surface area contributed by atoms with Crippen LogP contribution in [0.1, 0.15) is 29.9 Å². The molecule has 0 saturated heterocycles. The first-order valence-corrected chi connectivity index (χ1v) is 6.64. The van der Waals surface area contributed by atoms with Gasteiger partial charge in [0.1, 0.15) is 0 Å². The number of thiophene rings is 1. The summed E-state index contributed by atoms with van der Waals surface area (Å²) in [5.74, 6) is 0.782. The number of hydrogen-bond donors (Lipinski definition) is 1. The van der Waals surface area contributed by atoms with E-state index in [1.807, 2.05) is 0 Å². The number of rotatable bonds is 5. The third-order valence-electron chi connectivity index (χ3n) is 2.66. The van der Waals surface area contributed by atoms with Gasteiger partial charge in [-0.2, -0.15) is 16.1 Å². The minimum absolute atomic E-state index is 0.274. The minimum Gasteiger partial charge on any atom is -0.310 e. The van der Waals surface area contributed by atoms with Crippen LogP contribution in [0.15, 0.2) is 10.8 Å². The SMILES string of the molecule is CCNC(Cc1nnn(C)n1)c1cscc1C. The second-order valence-electron chi connectivity index (χ2n) is 4.02. The number of likely N-dealkylation sites (N-methyl/N-ethyl adjacent to an activating group) is 1. The average Bonchev–Trinajstić information content (AvgIpc) is 2.87. The molecule has 2 heterocycles. The van der Waals surface area contributed by atoms with Crippen molar-refractivity contribution in [2.45, 2.75) is 26.3 Å². The summed E-state index contributed by atoms with van der Waals surface area (Å²) in [7, 11) is 1.79. The van der Waals surface area contributed by atoms with Crippen molar-refractivity contribution in [1.82, 2.24) is 25.5 Å². The summed E-state index contributed by atoms with van der Waals surface area (Å²) in [6.07, 6.45) is 0.777. The fourth-order valence-electron chi connectivity index (χ4n) is 1.85. The van der Waals surface area contributed by atoms with Gasteiger partial charge in [-0.15, -0.1) is 10.2 Å². The fourth-order valence-corrected chi connectivity index (χ4v) is 2.76. The van der Waals surface area contributed by atoms with Gasteiger partial charge in [-0.25, -0.2) is 0 Å². The Morgan fingerprint density at radius 3 is 2.82 bits per heavy atom. The molecular weight excluding hydrogens is 234 g/mol. The lowest BCUT2D eigenvalue weighted by Gasteiger charge is -2.16. The molecule has 2 aromatic heterocycles. The Kier molecular flexibility index (Phi) is 3.86. The van der Waals surface area contributed by atoms with E-state index in [9.17, 15) is 0 Å². The van der Waals surface area contributed by atoms with Crippen molar-refractivity contribution < 1.29 is 0 Å². The molecule has 0 aliphatic carbocycles. The Hall–Kier alpha value is -1.27. The first-order chi connectivity index (χ1) is 8.20.